The molecule has 29 heavy (non-hydrogen) atoms. The topological polar surface area (TPSA) is 66.0 Å². The summed E-state index contributed by atoms with van der Waals surface area (Å²) in [5.74, 6) is 1.84. The van der Waals surface area contributed by atoms with Crippen molar-refractivity contribution in [2.75, 3.05) is 7.11 Å². The van der Waals surface area contributed by atoms with E-state index in [1.54, 1.807) is 18.9 Å². The van der Waals surface area contributed by atoms with Gasteiger partial charge in [0.05, 0.1) is 23.4 Å². The molecule has 6 nitrogen and oxygen atoms in total. The lowest BCUT2D eigenvalue weighted by Gasteiger charge is -2.09. The molecular formula is C21H21ClN4O2S. The molecule has 2 aromatic carbocycles. The highest BCUT2D eigenvalue weighted by molar-refractivity contribution is 7.99. The van der Waals surface area contributed by atoms with E-state index in [9.17, 15) is 0 Å². The number of aryl methyl sites for hydroxylation is 1. The number of aromatic nitrogens is 4. The predicted octanol–water partition coefficient (Wildman–Crippen LogP) is 6.01. The fourth-order valence-electron chi connectivity index (χ4n) is 3.07. The summed E-state index contributed by atoms with van der Waals surface area (Å²) < 4.78 is 13.3. The van der Waals surface area contributed by atoms with Crippen molar-refractivity contribution in [1.82, 2.24) is 19.7 Å². The summed E-state index contributed by atoms with van der Waals surface area (Å²) in [4.78, 5) is 4.78. The van der Waals surface area contributed by atoms with Crippen LogP contribution in [-0.4, -0.2) is 26.9 Å². The largest absolute Gasteiger partial charge is 0.497 e. The lowest BCUT2D eigenvalue weighted by Crippen LogP contribution is -2.00. The van der Waals surface area contributed by atoms with E-state index in [0.29, 0.717) is 16.8 Å². The maximum atomic E-state index is 6.14. The first-order valence-electron chi connectivity index (χ1n) is 9.39. The number of methoxy groups -OCH3 is 1. The maximum Gasteiger partial charge on any atom is 0.247 e. The van der Waals surface area contributed by atoms with Crippen molar-refractivity contribution in [3.63, 3.8) is 0 Å². The van der Waals surface area contributed by atoms with Crippen LogP contribution >= 0.6 is 23.4 Å². The number of imidazole rings is 1. The normalized spacial score (nSPS) is 12.4. The number of rotatable bonds is 7. The van der Waals surface area contributed by atoms with Crippen LogP contribution in [0.3, 0.4) is 0 Å². The standard InChI is InChI=1S/C21H21ClN4O2S/c1-4-11-26-18-10-7-15(22)12-17(18)23-21(26)29-13(2)19-24-25-20(28-19)14-5-8-16(27-3)9-6-14/h5-10,12-13H,4,11H2,1-3H3/t13-/m1/s1. The summed E-state index contributed by atoms with van der Waals surface area (Å²) in [6.07, 6.45) is 1.01. The molecule has 4 aromatic rings. The lowest BCUT2D eigenvalue weighted by molar-refractivity contribution is 0.415. The van der Waals surface area contributed by atoms with E-state index < -0.39 is 0 Å². The maximum absolute atomic E-state index is 6.14. The second kappa shape index (κ2) is 8.47. The van der Waals surface area contributed by atoms with E-state index in [1.165, 1.54) is 0 Å². The second-order valence-electron chi connectivity index (χ2n) is 6.61. The Labute approximate surface area is 178 Å². The molecule has 0 amide bonds. The molecule has 2 aromatic heterocycles. The van der Waals surface area contributed by atoms with Crippen molar-refractivity contribution in [2.45, 2.75) is 37.2 Å². The van der Waals surface area contributed by atoms with Gasteiger partial charge in [0, 0.05) is 17.1 Å². The molecule has 0 N–H and O–H groups in total. The Morgan fingerprint density at radius 1 is 1.17 bits per heavy atom. The van der Waals surface area contributed by atoms with Crippen molar-refractivity contribution in [2.24, 2.45) is 0 Å². The number of ether oxygens (including phenoxy) is 1. The van der Waals surface area contributed by atoms with Gasteiger partial charge in [0.25, 0.3) is 0 Å². The van der Waals surface area contributed by atoms with Gasteiger partial charge >= 0.3 is 0 Å². The third-order valence-corrected chi connectivity index (χ3v) is 5.84. The molecule has 0 radical (unpaired) electrons. The van der Waals surface area contributed by atoms with E-state index in [1.807, 2.05) is 49.4 Å². The van der Waals surface area contributed by atoms with Crippen LogP contribution in [0.1, 0.15) is 31.4 Å². The summed E-state index contributed by atoms with van der Waals surface area (Å²) in [7, 11) is 1.64. The van der Waals surface area contributed by atoms with Crippen LogP contribution in [0.4, 0.5) is 0 Å². The highest BCUT2D eigenvalue weighted by Crippen LogP contribution is 2.37. The van der Waals surface area contributed by atoms with Crippen LogP contribution in [0, 0.1) is 0 Å². The summed E-state index contributed by atoms with van der Waals surface area (Å²) in [5, 5.41) is 10.0. The Morgan fingerprint density at radius 2 is 1.97 bits per heavy atom. The Kier molecular flexibility index (Phi) is 5.78. The first-order valence-corrected chi connectivity index (χ1v) is 10.6. The number of fused-ring (bicyclic) bond motifs is 1. The predicted molar refractivity (Wildman–Crippen MR) is 116 cm³/mol. The lowest BCUT2D eigenvalue weighted by atomic mass is 10.2. The van der Waals surface area contributed by atoms with E-state index in [2.05, 4.69) is 21.7 Å². The zero-order valence-corrected chi connectivity index (χ0v) is 18.0. The third kappa shape index (κ3) is 4.11. The molecule has 150 valence electrons. The van der Waals surface area contributed by atoms with Gasteiger partial charge in [-0.15, -0.1) is 10.2 Å². The van der Waals surface area contributed by atoms with Gasteiger partial charge in [0.15, 0.2) is 5.16 Å². The van der Waals surface area contributed by atoms with E-state index in [0.717, 1.165) is 40.5 Å². The van der Waals surface area contributed by atoms with Crippen LogP contribution < -0.4 is 4.74 Å². The number of benzene rings is 2. The Balaban J connectivity index is 1.58. The summed E-state index contributed by atoms with van der Waals surface area (Å²) in [5.41, 5.74) is 2.83. The third-order valence-electron chi connectivity index (χ3n) is 4.53. The summed E-state index contributed by atoms with van der Waals surface area (Å²) in [6, 6.07) is 13.4. The van der Waals surface area contributed by atoms with Crippen LogP contribution in [0.25, 0.3) is 22.5 Å². The highest BCUT2D eigenvalue weighted by atomic mass is 35.5. The van der Waals surface area contributed by atoms with E-state index in [4.69, 9.17) is 25.7 Å². The molecule has 0 saturated heterocycles. The molecule has 0 unspecified atom stereocenters. The van der Waals surface area contributed by atoms with Gasteiger partial charge in [-0.25, -0.2) is 4.98 Å². The number of halogens is 1. The molecule has 0 aliphatic rings. The Bertz CT molecular complexity index is 1120. The fraction of sp³-hybridized carbons (Fsp3) is 0.286. The SMILES string of the molecule is CCCn1c(S[C@H](C)c2nnc(-c3ccc(OC)cc3)o2)nc2cc(Cl)ccc21. The minimum Gasteiger partial charge on any atom is -0.497 e. The summed E-state index contributed by atoms with van der Waals surface area (Å²) >= 11 is 7.74. The first-order chi connectivity index (χ1) is 14.1. The van der Waals surface area contributed by atoms with Gasteiger partial charge in [0.2, 0.25) is 11.8 Å². The molecule has 1 atom stereocenters. The first kappa shape index (κ1) is 19.8. The van der Waals surface area contributed by atoms with Crippen molar-refractivity contribution in [3.05, 3.63) is 53.4 Å². The molecule has 0 fully saturated rings. The van der Waals surface area contributed by atoms with Gasteiger partial charge in [-0.2, -0.15) is 0 Å². The fourth-order valence-corrected chi connectivity index (χ4v) is 4.21. The van der Waals surface area contributed by atoms with Crippen molar-refractivity contribution in [3.8, 4) is 17.2 Å². The number of nitrogens with zero attached hydrogens (tertiary/aromatic N) is 4. The number of hydrogen-bond acceptors (Lipinski definition) is 6. The molecule has 0 bridgehead atoms. The van der Waals surface area contributed by atoms with Gasteiger partial charge in [-0.1, -0.05) is 30.3 Å². The smallest absolute Gasteiger partial charge is 0.247 e. The molecule has 0 aliphatic carbocycles. The number of hydrogen-bond donors (Lipinski definition) is 0. The van der Waals surface area contributed by atoms with Gasteiger partial charge < -0.3 is 13.7 Å². The van der Waals surface area contributed by atoms with Crippen LogP contribution in [0.5, 0.6) is 5.75 Å². The van der Waals surface area contributed by atoms with Crippen LogP contribution in [0.15, 0.2) is 52.0 Å². The van der Waals surface area contributed by atoms with Crippen molar-refractivity contribution in [1.29, 1.82) is 0 Å². The van der Waals surface area contributed by atoms with Crippen LogP contribution in [-0.2, 0) is 6.54 Å². The number of thioether (sulfide) groups is 1. The Morgan fingerprint density at radius 3 is 2.69 bits per heavy atom. The van der Waals surface area contributed by atoms with E-state index in [-0.39, 0.29) is 5.25 Å². The quantitative estimate of drug-likeness (QED) is 0.336. The molecule has 4 rings (SSSR count). The van der Waals surface area contributed by atoms with Gasteiger partial charge in [-0.05, 0) is 55.8 Å². The second-order valence-corrected chi connectivity index (χ2v) is 8.36. The van der Waals surface area contributed by atoms with Gasteiger partial charge in [-0.3, -0.25) is 0 Å². The van der Waals surface area contributed by atoms with Crippen molar-refractivity contribution >= 4 is 34.4 Å². The molecule has 8 heteroatoms. The highest BCUT2D eigenvalue weighted by Gasteiger charge is 2.20. The minimum absolute atomic E-state index is 0.0441. The van der Waals surface area contributed by atoms with E-state index >= 15 is 0 Å². The average molecular weight is 429 g/mol. The van der Waals surface area contributed by atoms with Crippen LogP contribution in [0.2, 0.25) is 5.02 Å². The van der Waals surface area contributed by atoms with Gasteiger partial charge in [0.1, 0.15) is 5.75 Å². The molecule has 0 saturated carbocycles. The Hall–Kier alpha value is -2.51. The molecule has 2 heterocycles. The zero-order chi connectivity index (χ0) is 20.4. The summed E-state index contributed by atoms with van der Waals surface area (Å²) in [6.45, 7) is 5.07. The van der Waals surface area contributed by atoms with Crippen molar-refractivity contribution < 1.29 is 9.15 Å². The molecular weight excluding hydrogens is 408 g/mol. The minimum atomic E-state index is -0.0441. The molecule has 0 aliphatic heterocycles. The monoisotopic (exact) mass is 428 g/mol. The average Bonchev–Trinajstić information content (AvgIpc) is 3.34. The molecule has 0 spiro atoms. The zero-order valence-electron chi connectivity index (χ0n) is 16.4.